The molecule has 1 saturated heterocycles. The van der Waals surface area contributed by atoms with Crippen molar-refractivity contribution in [1.82, 2.24) is 10.2 Å². The third-order valence-corrected chi connectivity index (χ3v) is 3.95. The van der Waals surface area contributed by atoms with Crippen LogP contribution in [0.2, 0.25) is 0 Å². The summed E-state index contributed by atoms with van der Waals surface area (Å²) in [7, 11) is 1.62. The summed E-state index contributed by atoms with van der Waals surface area (Å²) in [6.07, 6.45) is 0.670. The highest BCUT2D eigenvalue weighted by atomic mass is 16.2. The molecule has 0 aliphatic carbocycles. The molecule has 1 aliphatic rings. The van der Waals surface area contributed by atoms with Crippen LogP contribution in [0.5, 0.6) is 0 Å². The van der Waals surface area contributed by atoms with Gasteiger partial charge in [0.25, 0.3) is 0 Å². The summed E-state index contributed by atoms with van der Waals surface area (Å²) in [6.45, 7) is 3.32. The summed E-state index contributed by atoms with van der Waals surface area (Å²) >= 11 is 0. The lowest BCUT2D eigenvalue weighted by atomic mass is 9.89. The largest absolute Gasteiger partial charge is 0.359 e. The quantitative estimate of drug-likeness (QED) is 0.780. The number of hydrogen-bond acceptors (Lipinski definition) is 3. The Labute approximate surface area is 124 Å². The van der Waals surface area contributed by atoms with Gasteiger partial charge in [0, 0.05) is 32.4 Å². The molecule has 0 bridgehead atoms. The van der Waals surface area contributed by atoms with Gasteiger partial charge in [0.2, 0.25) is 5.91 Å². The molecule has 1 heterocycles. The third kappa shape index (κ3) is 3.33. The van der Waals surface area contributed by atoms with E-state index in [-0.39, 0.29) is 11.9 Å². The second-order valence-electron chi connectivity index (χ2n) is 5.65. The fourth-order valence-electron chi connectivity index (χ4n) is 2.60. The minimum absolute atomic E-state index is 0.0251. The maximum Gasteiger partial charge on any atom is 0.321 e. The first-order valence-corrected chi connectivity index (χ1v) is 7.05. The lowest BCUT2D eigenvalue weighted by molar-refractivity contribution is -0.128. The number of hydrogen-bond donors (Lipinski definition) is 3. The van der Waals surface area contributed by atoms with Crippen LogP contribution in [0.4, 0.5) is 10.5 Å². The summed E-state index contributed by atoms with van der Waals surface area (Å²) in [6, 6.07) is 7.26. The van der Waals surface area contributed by atoms with Crippen LogP contribution in [-0.2, 0) is 11.3 Å². The Morgan fingerprint density at radius 2 is 2.19 bits per heavy atom. The molecule has 0 saturated carbocycles. The Kier molecular flexibility index (Phi) is 4.47. The predicted octanol–water partition coefficient (Wildman–Crippen LogP) is 1.14. The lowest BCUT2D eigenvalue weighted by Gasteiger charge is -2.23. The van der Waals surface area contributed by atoms with Crippen molar-refractivity contribution in [3.8, 4) is 0 Å². The minimum atomic E-state index is -0.509. The number of likely N-dealkylation sites (tertiary alicyclic amines) is 1. The van der Waals surface area contributed by atoms with Crippen molar-refractivity contribution >= 4 is 17.6 Å². The van der Waals surface area contributed by atoms with Gasteiger partial charge in [-0.1, -0.05) is 12.1 Å². The van der Waals surface area contributed by atoms with Crippen LogP contribution in [0.15, 0.2) is 24.3 Å². The van der Waals surface area contributed by atoms with E-state index in [9.17, 15) is 9.59 Å². The van der Waals surface area contributed by atoms with Crippen LogP contribution in [0, 0.1) is 5.41 Å². The fourth-order valence-corrected chi connectivity index (χ4v) is 2.60. The molecule has 1 aliphatic heterocycles. The number of rotatable bonds is 3. The molecule has 0 spiro atoms. The molecule has 1 fully saturated rings. The standard InChI is InChI=1S/C15H22N4O2/c1-15(13(20)17-2)6-7-19(10-15)14(21)18-12-5-3-4-11(8-12)9-16/h3-5,8H,6-7,9-10,16H2,1-2H3,(H,17,20)(H,18,21). The zero-order valence-corrected chi connectivity index (χ0v) is 12.5. The maximum absolute atomic E-state index is 12.3. The predicted molar refractivity (Wildman–Crippen MR) is 81.7 cm³/mol. The van der Waals surface area contributed by atoms with E-state index in [1.165, 1.54) is 0 Å². The molecule has 1 atom stereocenters. The average molecular weight is 290 g/mol. The zero-order valence-electron chi connectivity index (χ0n) is 12.5. The SMILES string of the molecule is CNC(=O)C1(C)CCN(C(=O)Nc2cccc(CN)c2)C1. The van der Waals surface area contributed by atoms with Gasteiger partial charge in [-0.05, 0) is 31.0 Å². The highest BCUT2D eigenvalue weighted by Gasteiger charge is 2.41. The number of carbonyl (C=O) groups is 2. The van der Waals surface area contributed by atoms with E-state index in [1.54, 1.807) is 11.9 Å². The van der Waals surface area contributed by atoms with E-state index >= 15 is 0 Å². The zero-order chi connectivity index (χ0) is 15.5. The van der Waals surface area contributed by atoms with Crippen LogP contribution in [0.1, 0.15) is 18.9 Å². The van der Waals surface area contributed by atoms with Crippen LogP contribution in [-0.4, -0.2) is 37.0 Å². The molecule has 1 aromatic carbocycles. The number of amides is 3. The minimum Gasteiger partial charge on any atom is -0.359 e. The van der Waals surface area contributed by atoms with Gasteiger partial charge >= 0.3 is 6.03 Å². The Morgan fingerprint density at radius 3 is 2.86 bits per heavy atom. The summed E-state index contributed by atoms with van der Waals surface area (Å²) in [4.78, 5) is 25.8. The van der Waals surface area contributed by atoms with Crippen LogP contribution in [0.3, 0.4) is 0 Å². The summed E-state index contributed by atoms with van der Waals surface area (Å²) in [5, 5.41) is 5.51. The van der Waals surface area contributed by atoms with Gasteiger partial charge < -0.3 is 21.3 Å². The van der Waals surface area contributed by atoms with E-state index < -0.39 is 5.41 Å². The molecular weight excluding hydrogens is 268 g/mol. The Morgan fingerprint density at radius 1 is 1.43 bits per heavy atom. The summed E-state index contributed by atoms with van der Waals surface area (Å²) in [5.74, 6) is -0.0251. The molecule has 114 valence electrons. The van der Waals surface area contributed by atoms with E-state index in [2.05, 4.69) is 10.6 Å². The molecule has 6 nitrogen and oxygen atoms in total. The second kappa shape index (κ2) is 6.13. The number of benzene rings is 1. The molecule has 1 aromatic rings. The highest BCUT2D eigenvalue weighted by molar-refractivity contribution is 5.91. The van der Waals surface area contributed by atoms with Gasteiger partial charge in [-0.2, -0.15) is 0 Å². The molecule has 6 heteroatoms. The Bertz CT molecular complexity index is 546. The monoisotopic (exact) mass is 290 g/mol. The summed E-state index contributed by atoms with van der Waals surface area (Å²) in [5.41, 5.74) is 6.76. The summed E-state index contributed by atoms with van der Waals surface area (Å²) < 4.78 is 0. The van der Waals surface area contributed by atoms with Crippen molar-refractivity contribution in [3.63, 3.8) is 0 Å². The third-order valence-electron chi connectivity index (χ3n) is 3.95. The van der Waals surface area contributed by atoms with E-state index in [0.29, 0.717) is 26.1 Å². The van der Waals surface area contributed by atoms with Crippen LogP contribution >= 0.6 is 0 Å². The molecule has 3 amide bonds. The van der Waals surface area contributed by atoms with Gasteiger partial charge in [-0.15, -0.1) is 0 Å². The number of nitrogens with one attached hydrogen (secondary N) is 2. The van der Waals surface area contributed by atoms with Gasteiger partial charge in [0.15, 0.2) is 0 Å². The van der Waals surface area contributed by atoms with Crippen molar-refractivity contribution in [2.24, 2.45) is 11.1 Å². The molecule has 2 rings (SSSR count). The van der Waals surface area contributed by atoms with Crippen molar-refractivity contribution in [2.75, 3.05) is 25.5 Å². The molecule has 1 unspecified atom stereocenters. The first-order chi connectivity index (χ1) is 9.98. The number of urea groups is 1. The first-order valence-electron chi connectivity index (χ1n) is 7.05. The smallest absolute Gasteiger partial charge is 0.321 e. The Hall–Kier alpha value is -2.08. The van der Waals surface area contributed by atoms with Crippen molar-refractivity contribution in [1.29, 1.82) is 0 Å². The maximum atomic E-state index is 12.3. The molecular formula is C15H22N4O2. The van der Waals surface area contributed by atoms with Gasteiger partial charge in [0.05, 0.1) is 5.41 Å². The molecule has 4 N–H and O–H groups in total. The average Bonchev–Trinajstić information content (AvgIpc) is 2.90. The van der Waals surface area contributed by atoms with Crippen molar-refractivity contribution in [2.45, 2.75) is 19.9 Å². The van der Waals surface area contributed by atoms with Crippen LogP contribution < -0.4 is 16.4 Å². The molecule has 21 heavy (non-hydrogen) atoms. The number of nitrogens with zero attached hydrogens (tertiary/aromatic N) is 1. The van der Waals surface area contributed by atoms with Gasteiger partial charge in [0.1, 0.15) is 0 Å². The highest BCUT2D eigenvalue weighted by Crippen LogP contribution is 2.30. The second-order valence-corrected chi connectivity index (χ2v) is 5.65. The fraction of sp³-hybridized carbons (Fsp3) is 0.467. The van der Waals surface area contributed by atoms with E-state index in [4.69, 9.17) is 5.73 Å². The Balaban J connectivity index is 2.00. The first kappa shape index (κ1) is 15.3. The lowest BCUT2D eigenvalue weighted by Crippen LogP contribution is -2.41. The van der Waals surface area contributed by atoms with Gasteiger partial charge in [-0.25, -0.2) is 4.79 Å². The van der Waals surface area contributed by atoms with Gasteiger partial charge in [-0.3, -0.25) is 4.79 Å². The topological polar surface area (TPSA) is 87.5 Å². The number of carbonyl (C=O) groups excluding carboxylic acids is 2. The normalized spacial score (nSPS) is 21.2. The van der Waals surface area contributed by atoms with Crippen molar-refractivity contribution in [3.05, 3.63) is 29.8 Å². The molecule has 0 aromatic heterocycles. The van der Waals surface area contributed by atoms with Crippen molar-refractivity contribution < 1.29 is 9.59 Å². The number of nitrogens with two attached hydrogens (primary N) is 1. The van der Waals surface area contributed by atoms with Crippen LogP contribution in [0.25, 0.3) is 0 Å². The van der Waals surface area contributed by atoms with E-state index in [0.717, 1.165) is 11.3 Å². The molecule has 0 radical (unpaired) electrons. The number of anilines is 1. The van der Waals surface area contributed by atoms with E-state index in [1.807, 2.05) is 31.2 Å².